The first kappa shape index (κ1) is 30.3. The Hall–Kier alpha value is -7.30. The minimum atomic E-state index is 0.644. The predicted octanol–water partition coefficient (Wildman–Crippen LogP) is 13.8. The van der Waals surface area contributed by atoms with Gasteiger partial charge in [0.15, 0.2) is 5.82 Å². The van der Waals surface area contributed by atoms with Crippen LogP contribution in [0, 0.1) is 0 Å². The van der Waals surface area contributed by atoms with Gasteiger partial charge in [-0.15, -0.1) is 0 Å². The summed E-state index contributed by atoms with van der Waals surface area (Å²) < 4.78 is 13.0. The van der Waals surface area contributed by atoms with E-state index in [9.17, 15) is 0 Å². The van der Waals surface area contributed by atoms with Crippen molar-refractivity contribution in [3.63, 3.8) is 0 Å². The van der Waals surface area contributed by atoms with Gasteiger partial charge in [-0.25, -0.2) is 9.97 Å². The topological polar surface area (TPSA) is 52.1 Å². The van der Waals surface area contributed by atoms with Crippen molar-refractivity contribution < 1.29 is 8.83 Å². The molecule has 0 saturated heterocycles. The lowest BCUT2D eigenvalue weighted by atomic mass is 9.99. The van der Waals surface area contributed by atoms with Crippen LogP contribution in [0.2, 0.25) is 0 Å². The Morgan fingerprint density at radius 3 is 1.85 bits per heavy atom. The maximum Gasteiger partial charge on any atom is 0.161 e. The molecule has 3 aromatic heterocycles. The molecule has 252 valence electrons. The number of fused-ring (bicyclic) bond motifs is 7. The van der Waals surface area contributed by atoms with Crippen molar-refractivity contribution in [2.24, 2.45) is 0 Å². The summed E-state index contributed by atoms with van der Waals surface area (Å²) in [5, 5.41) is 6.57. The number of hydrogen-bond donors (Lipinski definition) is 0. The molecule has 0 aliphatic heterocycles. The molecule has 0 aliphatic rings. The molecule has 4 nitrogen and oxygen atoms in total. The standard InChI is InChI=1S/C50H30N2O2/c1-2-10-31(11-3-1)33-20-23-34(24-21-33)43-30-44(37-25-22-32-12-4-5-13-35(32)28-37)52-50(51-43)42-17-9-19-46-48(42)41-16-8-15-38(49(41)54-46)36-26-27-40-39-14-6-7-18-45(39)53-47(40)29-36/h1-30H. The summed E-state index contributed by atoms with van der Waals surface area (Å²) in [6.45, 7) is 0. The molecule has 8 aromatic carbocycles. The smallest absolute Gasteiger partial charge is 0.161 e. The molecule has 0 aliphatic carbocycles. The van der Waals surface area contributed by atoms with E-state index in [0.29, 0.717) is 5.82 Å². The van der Waals surface area contributed by atoms with Crippen LogP contribution in [0.3, 0.4) is 0 Å². The van der Waals surface area contributed by atoms with Gasteiger partial charge in [0, 0.05) is 43.8 Å². The summed E-state index contributed by atoms with van der Waals surface area (Å²) in [6, 6.07) is 63.2. The van der Waals surface area contributed by atoms with Gasteiger partial charge < -0.3 is 8.83 Å². The summed E-state index contributed by atoms with van der Waals surface area (Å²) in [5.74, 6) is 0.644. The highest BCUT2D eigenvalue weighted by Crippen LogP contribution is 2.42. The highest BCUT2D eigenvalue weighted by Gasteiger charge is 2.20. The van der Waals surface area contributed by atoms with Crippen LogP contribution >= 0.6 is 0 Å². The largest absolute Gasteiger partial charge is 0.456 e. The highest BCUT2D eigenvalue weighted by atomic mass is 16.3. The number of nitrogens with zero attached hydrogens (tertiary/aromatic N) is 2. The Morgan fingerprint density at radius 2 is 0.963 bits per heavy atom. The highest BCUT2D eigenvalue weighted by molar-refractivity contribution is 6.15. The number of para-hydroxylation sites is 2. The molecule has 0 spiro atoms. The molecule has 0 unspecified atom stereocenters. The van der Waals surface area contributed by atoms with E-state index >= 15 is 0 Å². The molecule has 0 atom stereocenters. The van der Waals surface area contributed by atoms with Crippen molar-refractivity contribution in [1.82, 2.24) is 9.97 Å². The number of furan rings is 2. The Balaban J connectivity index is 1.09. The summed E-state index contributed by atoms with van der Waals surface area (Å²) in [5.41, 5.74) is 12.4. The number of hydrogen-bond acceptors (Lipinski definition) is 4. The SMILES string of the molecule is c1ccc(-c2ccc(-c3cc(-c4ccc5ccccc5c4)nc(-c4cccc5oc6c(-c7ccc8c(c7)oc7ccccc78)cccc6c45)n3)cc2)cc1. The van der Waals surface area contributed by atoms with E-state index in [4.69, 9.17) is 18.8 Å². The van der Waals surface area contributed by atoms with E-state index in [0.717, 1.165) is 88.6 Å². The molecule has 4 heteroatoms. The van der Waals surface area contributed by atoms with Crippen LogP contribution in [0.5, 0.6) is 0 Å². The molecule has 11 rings (SSSR count). The zero-order valence-corrected chi connectivity index (χ0v) is 29.0. The molecule has 0 amide bonds. The van der Waals surface area contributed by atoms with Gasteiger partial charge in [-0.05, 0) is 63.9 Å². The average Bonchev–Trinajstić information content (AvgIpc) is 3.82. The number of benzene rings is 8. The molecule has 0 fully saturated rings. The van der Waals surface area contributed by atoms with Crippen LogP contribution in [-0.2, 0) is 0 Å². The van der Waals surface area contributed by atoms with E-state index in [-0.39, 0.29) is 0 Å². The van der Waals surface area contributed by atoms with Crippen molar-refractivity contribution in [2.45, 2.75) is 0 Å². The maximum absolute atomic E-state index is 6.72. The van der Waals surface area contributed by atoms with Crippen molar-refractivity contribution in [3.05, 3.63) is 182 Å². The van der Waals surface area contributed by atoms with Crippen LogP contribution < -0.4 is 0 Å². The lowest BCUT2D eigenvalue weighted by Crippen LogP contribution is -1.96. The van der Waals surface area contributed by atoms with Gasteiger partial charge in [-0.1, -0.05) is 146 Å². The Labute approximate surface area is 310 Å². The average molecular weight is 691 g/mol. The fraction of sp³-hybridized carbons (Fsp3) is 0. The summed E-state index contributed by atoms with van der Waals surface area (Å²) in [4.78, 5) is 10.5. The molecular formula is C50H30N2O2. The number of rotatable bonds is 5. The second-order valence-electron chi connectivity index (χ2n) is 13.7. The first-order valence-corrected chi connectivity index (χ1v) is 18.1. The molecule has 0 N–H and O–H groups in total. The molecular weight excluding hydrogens is 661 g/mol. The van der Waals surface area contributed by atoms with E-state index in [1.54, 1.807) is 0 Å². The first-order chi connectivity index (χ1) is 26.7. The summed E-state index contributed by atoms with van der Waals surface area (Å²) in [6.07, 6.45) is 0. The van der Waals surface area contributed by atoms with Crippen LogP contribution in [0.25, 0.3) is 111 Å². The summed E-state index contributed by atoms with van der Waals surface area (Å²) >= 11 is 0. The van der Waals surface area contributed by atoms with Crippen molar-refractivity contribution in [2.75, 3.05) is 0 Å². The zero-order valence-electron chi connectivity index (χ0n) is 29.0. The lowest BCUT2D eigenvalue weighted by molar-refractivity contribution is 0.668. The van der Waals surface area contributed by atoms with Crippen LogP contribution in [0.4, 0.5) is 0 Å². The zero-order chi connectivity index (χ0) is 35.6. The second kappa shape index (κ2) is 12.1. The van der Waals surface area contributed by atoms with Gasteiger partial charge in [0.25, 0.3) is 0 Å². The molecule has 54 heavy (non-hydrogen) atoms. The van der Waals surface area contributed by atoms with Gasteiger partial charge in [0.05, 0.1) is 11.4 Å². The van der Waals surface area contributed by atoms with E-state index in [1.807, 2.05) is 36.4 Å². The fourth-order valence-corrected chi connectivity index (χ4v) is 7.83. The molecule has 0 bridgehead atoms. The third kappa shape index (κ3) is 5.00. The van der Waals surface area contributed by atoms with Crippen molar-refractivity contribution >= 4 is 54.6 Å². The monoisotopic (exact) mass is 690 g/mol. The number of aromatic nitrogens is 2. The van der Waals surface area contributed by atoms with Gasteiger partial charge in [-0.2, -0.15) is 0 Å². The van der Waals surface area contributed by atoms with Crippen molar-refractivity contribution in [3.8, 4) is 56.2 Å². The second-order valence-corrected chi connectivity index (χ2v) is 13.7. The minimum absolute atomic E-state index is 0.644. The fourth-order valence-electron chi connectivity index (χ4n) is 7.83. The van der Waals surface area contributed by atoms with Gasteiger partial charge in [0.1, 0.15) is 22.3 Å². The maximum atomic E-state index is 6.72. The van der Waals surface area contributed by atoms with Gasteiger partial charge >= 0.3 is 0 Å². The Morgan fingerprint density at radius 1 is 0.333 bits per heavy atom. The summed E-state index contributed by atoms with van der Waals surface area (Å²) in [7, 11) is 0. The lowest BCUT2D eigenvalue weighted by Gasteiger charge is -2.11. The van der Waals surface area contributed by atoms with Gasteiger partial charge in [0.2, 0.25) is 0 Å². The first-order valence-electron chi connectivity index (χ1n) is 18.1. The van der Waals surface area contributed by atoms with E-state index < -0.39 is 0 Å². The third-order valence-corrected chi connectivity index (χ3v) is 10.5. The molecule has 3 heterocycles. The van der Waals surface area contributed by atoms with Crippen LogP contribution in [0.15, 0.2) is 191 Å². The predicted molar refractivity (Wildman–Crippen MR) is 221 cm³/mol. The molecule has 0 radical (unpaired) electrons. The van der Waals surface area contributed by atoms with E-state index in [2.05, 4.69) is 146 Å². The third-order valence-electron chi connectivity index (χ3n) is 10.5. The molecule has 11 aromatic rings. The molecule has 0 saturated carbocycles. The van der Waals surface area contributed by atoms with Crippen molar-refractivity contribution in [1.29, 1.82) is 0 Å². The quantitative estimate of drug-likeness (QED) is 0.180. The van der Waals surface area contributed by atoms with Crippen LogP contribution in [-0.4, -0.2) is 9.97 Å². The van der Waals surface area contributed by atoms with E-state index in [1.165, 1.54) is 16.3 Å². The van der Waals surface area contributed by atoms with Crippen LogP contribution in [0.1, 0.15) is 0 Å². The Bertz CT molecular complexity index is 3210. The normalized spacial score (nSPS) is 11.7. The minimum Gasteiger partial charge on any atom is -0.456 e. The Kier molecular flexibility index (Phi) is 6.82. The van der Waals surface area contributed by atoms with Gasteiger partial charge in [-0.3, -0.25) is 0 Å².